The van der Waals surface area contributed by atoms with Crippen LogP contribution in [0, 0.1) is 0 Å². The van der Waals surface area contributed by atoms with Crippen LogP contribution >= 0.6 is 0 Å². The van der Waals surface area contributed by atoms with Gasteiger partial charge in [0.25, 0.3) is 0 Å². The van der Waals surface area contributed by atoms with Crippen molar-refractivity contribution in [2.45, 2.75) is 26.2 Å². The SMILES string of the molecule is CO/N=C(/C)CCC/C(=N/OC)c1ccccc1. The zero-order valence-corrected chi connectivity index (χ0v) is 11.2. The van der Waals surface area contributed by atoms with Crippen LogP contribution in [0.2, 0.25) is 0 Å². The maximum atomic E-state index is 4.90. The number of nitrogens with zero attached hydrogens (tertiary/aromatic N) is 2. The highest BCUT2D eigenvalue weighted by Crippen LogP contribution is 2.09. The second-order valence-electron chi connectivity index (χ2n) is 3.95. The molecule has 18 heavy (non-hydrogen) atoms. The fourth-order valence-electron chi connectivity index (χ4n) is 1.70. The first-order valence-corrected chi connectivity index (χ1v) is 6.00. The van der Waals surface area contributed by atoms with Crippen LogP contribution in [0.4, 0.5) is 0 Å². The molecule has 0 saturated carbocycles. The molecule has 1 aromatic carbocycles. The van der Waals surface area contributed by atoms with Crippen molar-refractivity contribution >= 4 is 11.4 Å². The van der Waals surface area contributed by atoms with Gasteiger partial charge in [0.15, 0.2) is 0 Å². The van der Waals surface area contributed by atoms with Crippen molar-refractivity contribution in [3.8, 4) is 0 Å². The maximum Gasteiger partial charge on any atom is 0.106 e. The molecule has 0 unspecified atom stereocenters. The van der Waals surface area contributed by atoms with E-state index in [4.69, 9.17) is 9.68 Å². The molecular formula is C14H20N2O2. The molecule has 0 fully saturated rings. The summed E-state index contributed by atoms with van der Waals surface area (Å²) in [6.07, 6.45) is 2.72. The lowest BCUT2D eigenvalue weighted by Gasteiger charge is -2.05. The molecule has 0 saturated heterocycles. The first-order chi connectivity index (χ1) is 8.77. The largest absolute Gasteiger partial charge is 0.399 e. The molecule has 0 aliphatic carbocycles. The molecular weight excluding hydrogens is 228 g/mol. The summed E-state index contributed by atoms with van der Waals surface area (Å²) >= 11 is 0. The first-order valence-electron chi connectivity index (χ1n) is 6.00. The van der Waals surface area contributed by atoms with Crippen molar-refractivity contribution in [1.29, 1.82) is 0 Å². The molecule has 0 bridgehead atoms. The highest BCUT2D eigenvalue weighted by molar-refractivity contribution is 6.00. The molecule has 1 rings (SSSR count). The van der Waals surface area contributed by atoms with Crippen molar-refractivity contribution in [2.75, 3.05) is 14.2 Å². The van der Waals surface area contributed by atoms with Gasteiger partial charge in [0, 0.05) is 0 Å². The molecule has 0 N–H and O–H groups in total. The van der Waals surface area contributed by atoms with Crippen LogP contribution in [0.3, 0.4) is 0 Å². The van der Waals surface area contributed by atoms with Crippen LogP contribution in [0.1, 0.15) is 31.7 Å². The first kappa shape index (κ1) is 14.2. The Morgan fingerprint density at radius 2 is 1.67 bits per heavy atom. The Labute approximate surface area is 108 Å². The number of hydrogen-bond acceptors (Lipinski definition) is 4. The molecule has 4 heteroatoms. The van der Waals surface area contributed by atoms with E-state index in [0.717, 1.165) is 36.2 Å². The van der Waals surface area contributed by atoms with Crippen LogP contribution in [0.5, 0.6) is 0 Å². The Balaban J connectivity index is 2.56. The van der Waals surface area contributed by atoms with E-state index in [1.807, 2.05) is 37.3 Å². The van der Waals surface area contributed by atoms with Crippen LogP contribution in [0.15, 0.2) is 40.6 Å². The topological polar surface area (TPSA) is 43.2 Å². The highest BCUT2D eigenvalue weighted by atomic mass is 16.6. The van der Waals surface area contributed by atoms with Gasteiger partial charge in [-0.3, -0.25) is 0 Å². The predicted molar refractivity (Wildman–Crippen MR) is 74.0 cm³/mol. The minimum atomic E-state index is 0.856. The smallest absolute Gasteiger partial charge is 0.106 e. The second-order valence-corrected chi connectivity index (χ2v) is 3.95. The second kappa shape index (κ2) is 8.28. The summed E-state index contributed by atoms with van der Waals surface area (Å²) in [5.74, 6) is 0. The van der Waals surface area contributed by atoms with Gasteiger partial charge in [-0.15, -0.1) is 0 Å². The Morgan fingerprint density at radius 3 is 2.28 bits per heavy atom. The summed E-state index contributed by atoms with van der Waals surface area (Å²) < 4.78 is 0. The van der Waals surface area contributed by atoms with E-state index in [1.165, 1.54) is 0 Å². The minimum Gasteiger partial charge on any atom is -0.399 e. The zero-order valence-electron chi connectivity index (χ0n) is 11.2. The lowest BCUT2D eigenvalue weighted by atomic mass is 10.0. The van der Waals surface area contributed by atoms with Gasteiger partial charge in [-0.25, -0.2) is 0 Å². The number of oxime groups is 2. The molecule has 1 aromatic rings. The molecule has 0 atom stereocenters. The van der Waals surface area contributed by atoms with E-state index < -0.39 is 0 Å². The van der Waals surface area contributed by atoms with Crippen molar-refractivity contribution in [3.05, 3.63) is 35.9 Å². The monoisotopic (exact) mass is 248 g/mol. The lowest BCUT2D eigenvalue weighted by Crippen LogP contribution is -2.03. The van der Waals surface area contributed by atoms with Crippen molar-refractivity contribution < 1.29 is 9.68 Å². The third kappa shape index (κ3) is 4.99. The molecule has 0 aromatic heterocycles. The van der Waals surface area contributed by atoms with Gasteiger partial charge < -0.3 is 9.68 Å². The summed E-state index contributed by atoms with van der Waals surface area (Å²) in [6, 6.07) is 10.1. The van der Waals surface area contributed by atoms with Gasteiger partial charge in [0.1, 0.15) is 14.2 Å². The van der Waals surface area contributed by atoms with Gasteiger partial charge in [0.05, 0.1) is 11.4 Å². The Bertz CT molecular complexity index is 400. The van der Waals surface area contributed by atoms with E-state index in [0.29, 0.717) is 0 Å². The van der Waals surface area contributed by atoms with Crippen LogP contribution in [-0.2, 0) is 9.68 Å². The van der Waals surface area contributed by atoms with Gasteiger partial charge in [0.2, 0.25) is 0 Å². The van der Waals surface area contributed by atoms with E-state index in [9.17, 15) is 0 Å². The third-order valence-electron chi connectivity index (χ3n) is 2.51. The van der Waals surface area contributed by atoms with Gasteiger partial charge in [-0.1, -0.05) is 40.6 Å². The summed E-state index contributed by atoms with van der Waals surface area (Å²) in [5, 5.41) is 7.97. The zero-order chi connectivity index (χ0) is 13.2. The third-order valence-corrected chi connectivity index (χ3v) is 2.51. The van der Waals surface area contributed by atoms with Crippen LogP contribution in [-0.4, -0.2) is 25.6 Å². The standard InChI is InChI=1S/C14H20N2O2/c1-12(15-17-2)8-7-11-14(16-18-3)13-9-5-4-6-10-13/h4-6,9-10H,7-8,11H2,1-3H3/b15-12-,16-14-. The quantitative estimate of drug-likeness (QED) is 0.549. The number of benzene rings is 1. The molecule has 0 spiro atoms. The van der Waals surface area contributed by atoms with Gasteiger partial charge in [-0.2, -0.15) is 0 Å². The van der Waals surface area contributed by atoms with Crippen molar-refractivity contribution in [2.24, 2.45) is 10.3 Å². The van der Waals surface area contributed by atoms with Gasteiger partial charge >= 0.3 is 0 Å². The Hall–Kier alpha value is -1.84. The fourth-order valence-corrected chi connectivity index (χ4v) is 1.70. The lowest BCUT2D eigenvalue weighted by molar-refractivity contribution is 0.211. The highest BCUT2D eigenvalue weighted by Gasteiger charge is 2.04. The summed E-state index contributed by atoms with van der Waals surface area (Å²) in [4.78, 5) is 9.62. The summed E-state index contributed by atoms with van der Waals surface area (Å²) in [7, 11) is 3.13. The van der Waals surface area contributed by atoms with Crippen molar-refractivity contribution in [1.82, 2.24) is 0 Å². The molecule has 0 amide bonds. The van der Waals surface area contributed by atoms with E-state index in [1.54, 1.807) is 14.2 Å². The van der Waals surface area contributed by atoms with E-state index in [-0.39, 0.29) is 0 Å². The molecule has 98 valence electrons. The number of hydrogen-bond donors (Lipinski definition) is 0. The molecule has 4 nitrogen and oxygen atoms in total. The van der Waals surface area contributed by atoms with Crippen molar-refractivity contribution in [3.63, 3.8) is 0 Å². The Kier molecular flexibility index (Phi) is 6.54. The number of rotatable bonds is 7. The predicted octanol–water partition coefficient (Wildman–Crippen LogP) is 3.23. The normalized spacial score (nSPS) is 12.4. The van der Waals surface area contributed by atoms with Crippen LogP contribution < -0.4 is 0 Å². The molecule has 0 radical (unpaired) electrons. The average Bonchev–Trinajstić information content (AvgIpc) is 2.39. The van der Waals surface area contributed by atoms with Gasteiger partial charge in [-0.05, 0) is 31.7 Å². The van der Waals surface area contributed by atoms with Crippen LogP contribution in [0.25, 0.3) is 0 Å². The maximum absolute atomic E-state index is 4.90. The van der Waals surface area contributed by atoms with E-state index in [2.05, 4.69) is 10.3 Å². The van der Waals surface area contributed by atoms with E-state index >= 15 is 0 Å². The molecule has 0 aliphatic heterocycles. The Morgan fingerprint density at radius 1 is 1.00 bits per heavy atom. The molecule has 0 aliphatic rings. The fraction of sp³-hybridized carbons (Fsp3) is 0.429. The summed E-state index contributed by atoms with van der Waals surface area (Å²) in [5.41, 5.74) is 3.05. The summed E-state index contributed by atoms with van der Waals surface area (Å²) in [6.45, 7) is 1.96. The minimum absolute atomic E-state index is 0.856. The average molecular weight is 248 g/mol. The molecule has 0 heterocycles.